The smallest absolute Gasteiger partial charge is 0.255 e. The molecule has 2 rings (SSSR count). The fourth-order valence-electron chi connectivity index (χ4n) is 1.92. The molecule has 0 atom stereocenters. The van der Waals surface area contributed by atoms with Crippen molar-refractivity contribution >= 4 is 68.5 Å². The summed E-state index contributed by atoms with van der Waals surface area (Å²) >= 11 is 21.3. The van der Waals surface area contributed by atoms with E-state index in [1.54, 1.807) is 24.3 Å². The van der Waals surface area contributed by atoms with E-state index in [0.29, 0.717) is 15.1 Å². The summed E-state index contributed by atoms with van der Waals surface area (Å²) < 4.78 is 134. The Labute approximate surface area is 245 Å². The van der Waals surface area contributed by atoms with Gasteiger partial charge in [-0.05, 0) is 48.0 Å². The van der Waals surface area contributed by atoms with Gasteiger partial charge in [0.15, 0.2) is 12.4 Å². The number of carbonyl (C=O) groups excluding carboxylic acids is 2. The van der Waals surface area contributed by atoms with Crippen LogP contribution in [0.15, 0.2) is 40.9 Å². The number of primary amides is 1. The lowest BCUT2D eigenvalue weighted by Gasteiger charge is -2.09. The third-order valence-corrected chi connectivity index (χ3v) is 4.54. The summed E-state index contributed by atoms with van der Waals surface area (Å²) in [4.78, 5) is 23.4. The van der Waals surface area contributed by atoms with Gasteiger partial charge in [-0.15, -0.1) is 0 Å². The molecular formula is C17H12BrCl3F17NO3. The zero-order valence-corrected chi connectivity index (χ0v) is 22.9. The molecule has 2 aromatic carbocycles. The average molecular weight is 788 g/mol. The number of benzene rings is 2. The van der Waals surface area contributed by atoms with E-state index in [1.165, 1.54) is 18.2 Å². The van der Waals surface area contributed by atoms with Crippen molar-refractivity contribution in [2.24, 2.45) is 5.73 Å². The number of nitrogens with two attached hydrogens (primary N) is 1. The quantitative estimate of drug-likeness (QED) is 0.137. The molecule has 0 radical (unpaired) electrons. The van der Waals surface area contributed by atoms with Gasteiger partial charge in [-0.25, -0.2) is 0 Å². The van der Waals surface area contributed by atoms with E-state index in [0.717, 1.165) is 0 Å². The summed E-state index contributed by atoms with van der Waals surface area (Å²) in [5, 5.41) is 0.971. The van der Waals surface area contributed by atoms with Crippen LogP contribution in [0.25, 0.3) is 6.08 Å². The molecule has 0 aliphatic rings. The first-order valence-electron chi connectivity index (χ1n) is 8.00. The predicted molar refractivity (Wildman–Crippen MR) is 124 cm³/mol. The number of carbonyl (C=O) groups is 2. The molecule has 0 fully saturated rings. The SMILES string of the molecule is F.FF.FF.FF.FF.FF.FF.FF.FF.NC(=O)COc1ccc(Br)cc1C(=O)/C=C/c1cc(Cl)cc(Cl)c1Cl. The van der Waals surface area contributed by atoms with Crippen molar-refractivity contribution in [1.82, 2.24) is 0 Å². The number of halogens is 21. The van der Waals surface area contributed by atoms with Gasteiger partial charge in [0.1, 0.15) is 5.75 Å². The van der Waals surface area contributed by atoms with Gasteiger partial charge in [-0.1, -0.05) is 50.7 Å². The van der Waals surface area contributed by atoms with Gasteiger partial charge in [0.05, 0.1) is 15.6 Å². The first-order valence-corrected chi connectivity index (χ1v) is 9.92. The van der Waals surface area contributed by atoms with Gasteiger partial charge in [0.2, 0.25) is 0 Å². The van der Waals surface area contributed by atoms with E-state index in [-0.39, 0.29) is 38.5 Å². The summed E-state index contributed by atoms with van der Waals surface area (Å²) in [6.45, 7) is -0.332. The number of ether oxygens (including phenoxy) is 1. The largest absolute Gasteiger partial charge is 0.483 e. The monoisotopic (exact) mass is 785 g/mol. The fraction of sp³-hybridized carbons (Fsp3) is 0.0588. The number of hydrogen-bond donors (Lipinski definition) is 1. The van der Waals surface area contributed by atoms with Crippen LogP contribution < -0.4 is 10.5 Å². The van der Waals surface area contributed by atoms with E-state index < -0.39 is 5.91 Å². The second-order valence-corrected chi connectivity index (χ2v) is 7.02. The van der Waals surface area contributed by atoms with Gasteiger partial charge in [0.25, 0.3) is 5.91 Å². The molecule has 0 saturated heterocycles. The molecule has 0 unspecified atom stereocenters. The lowest BCUT2D eigenvalue weighted by atomic mass is 10.1. The van der Waals surface area contributed by atoms with Gasteiger partial charge in [-0.3, -0.25) is 14.3 Å². The highest BCUT2D eigenvalue weighted by Crippen LogP contribution is 2.31. The van der Waals surface area contributed by atoms with Gasteiger partial charge < -0.3 is 10.5 Å². The van der Waals surface area contributed by atoms with Crippen LogP contribution in [0.1, 0.15) is 15.9 Å². The Morgan fingerprint density at radius 2 is 1.19 bits per heavy atom. The van der Waals surface area contributed by atoms with Crippen LogP contribution in [0.4, 0.5) is 77.9 Å². The molecular weight excluding hydrogens is 775 g/mol. The molecule has 0 aliphatic carbocycles. The Morgan fingerprint density at radius 1 is 0.762 bits per heavy atom. The standard InChI is InChI=1S/C17H11BrCl3NO3.8F2.FH/c18-10-2-4-15(25-8-16(22)24)12(6-10)14(23)3-1-9-5-11(19)7-13(20)17(9)21;8*1-2;/h1-7H,8H2,(H2,22,24);;;;;;;;;1H/b3-1+;;;;;;;;;. The van der Waals surface area contributed by atoms with E-state index in [4.69, 9.17) is 118 Å². The van der Waals surface area contributed by atoms with Crippen LogP contribution in [0, 0.1) is 0 Å². The minimum Gasteiger partial charge on any atom is -0.483 e. The van der Waals surface area contributed by atoms with Crippen LogP contribution in [0.2, 0.25) is 15.1 Å². The third-order valence-electron chi connectivity index (χ3n) is 3.01. The molecule has 25 heteroatoms. The van der Waals surface area contributed by atoms with Crippen LogP contribution in [-0.4, -0.2) is 18.3 Å². The lowest BCUT2D eigenvalue weighted by Crippen LogP contribution is -2.20. The molecule has 4 nitrogen and oxygen atoms in total. The summed E-state index contributed by atoms with van der Waals surface area (Å²) in [5.74, 6) is -0.753. The molecule has 0 aromatic heterocycles. The van der Waals surface area contributed by atoms with Crippen molar-refractivity contribution in [1.29, 1.82) is 0 Å². The molecule has 0 saturated carbocycles. The van der Waals surface area contributed by atoms with Crippen molar-refractivity contribution in [3.05, 3.63) is 67.1 Å². The fourth-order valence-corrected chi connectivity index (χ4v) is 2.96. The Morgan fingerprint density at radius 3 is 1.60 bits per heavy atom. The maximum Gasteiger partial charge on any atom is 0.255 e. The zero-order chi connectivity index (χ0) is 34.6. The highest BCUT2D eigenvalue weighted by molar-refractivity contribution is 9.10. The van der Waals surface area contributed by atoms with Crippen LogP contribution >= 0.6 is 50.7 Å². The number of hydrogen-bond acceptors (Lipinski definition) is 3. The number of allylic oxidation sites excluding steroid dienone is 1. The first-order chi connectivity index (χ1) is 19.8. The third kappa shape index (κ3) is 30.2. The second-order valence-electron chi connectivity index (χ2n) is 4.88. The molecule has 2 aromatic rings. The van der Waals surface area contributed by atoms with E-state index in [2.05, 4.69) is 15.9 Å². The lowest BCUT2D eigenvalue weighted by molar-refractivity contribution is -0.119. The van der Waals surface area contributed by atoms with Gasteiger partial charge in [0, 0.05) is 82.7 Å². The van der Waals surface area contributed by atoms with Gasteiger partial charge in [-0.2, -0.15) is 0 Å². The van der Waals surface area contributed by atoms with Crippen LogP contribution in [0.3, 0.4) is 0 Å². The maximum absolute atomic E-state index is 12.5. The van der Waals surface area contributed by atoms with E-state index >= 15 is 0 Å². The summed E-state index contributed by atoms with van der Waals surface area (Å²) in [5.41, 5.74) is 5.83. The molecule has 42 heavy (non-hydrogen) atoms. The Kier molecular flexibility index (Phi) is 67.3. The van der Waals surface area contributed by atoms with E-state index in [9.17, 15) is 9.59 Å². The predicted octanol–water partition coefficient (Wildman–Crippen LogP) is 12.0. The molecule has 1 amide bonds. The van der Waals surface area contributed by atoms with Crippen molar-refractivity contribution in [3.8, 4) is 5.75 Å². The topological polar surface area (TPSA) is 69.4 Å². The van der Waals surface area contributed by atoms with Gasteiger partial charge >= 0.3 is 0 Å². The molecule has 0 heterocycles. The van der Waals surface area contributed by atoms with Crippen molar-refractivity contribution in [2.45, 2.75) is 0 Å². The average Bonchev–Trinajstić information content (AvgIpc) is 3.05. The number of rotatable bonds is 6. The highest BCUT2D eigenvalue weighted by Gasteiger charge is 2.13. The minimum atomic E-state index is -0.641. The maximum atomic E-state index is 12.5. The Bertz CT molecular complexity index is 909. The Balaban J connectivity index is -0.0000000980. The Hall–Kier alpha value is -2.72. The van der Waals surface area contributed by atoms with Crippen LogP contribution in [0.5, 0.6) is 5.75 Å². The van der Waals surface area contributed by atoms with Crippen LogP contribution in [-0.2, 0) is 4.79 Å². The normalized spacial score (nSPS) is 7.62. The molecule has 0 spiro atoms. The molecule has 0 bridgehead atoms. The number of ketones is 1. The van der Waals surface area contributed by atoms with Crippen molar-refractivity contribution < 1.29 is 92.2 Å². The first kappa shape index (κ1) is 58.8. The zero-order valence-electron chi connectivity index (χ0n) is 19.0. The summed E-state index contributed by atoms with van der Waals surface area (Å²) in [7, 11) is 0. The minimum absolute atomic E-state index is 0. The second kappa shape index (κ2) is 48.0. The molecule has 250 valence electrons. The highest BCUT2D eigenvalue weighted by atomic mass is 79.9. The summed E-state index contributed by atoms with van der Waals surface area (Å²) in [6, 6.07) is 7.93. The molecule has 0 aliphatic heterocycles. The summed E-state index contributed by atoms with van der Waals surface area (Å²) in [6.07, 6.45) is 2.81. The van der Waals surface area contributed by atoms with Crippen molar-refractivity contribution in [2.75, 3.05) is 6.61 Å². The van der Waals surface area contributed by atoms with E-state index in [1.807, 2.05) is 0 Å². The number of amides is 1. The van der Waals surface area contributed by atoms with Crippen molar-refractivity contribution in [3.63, 3.8) is 0 Å². The molecule has 2 N–H and O–H groups in total.